The van der Waals surface area contributed by atoms with Gasteiger partial charge >= 0.3 is 6.18 Å². The maximum Gasteiger partial charge on any atom is 0.434 e. The van der Waals surface area contributed by atoms with Crippen molar-refractivity contribution in [3.63, 3.8) is 0 Å². The second-order valence-corrected chi connectivity index (χ2v) is 6.10. The van der Waals surface area contributed by atoms with Crippen molar-refractivity contribution in [1.29, 1.82) is 0 Å². The molecule has 1 spiro atoms. The third-order valence-corrected chi connectivity index (χ3v) is 4.42. The number of halogens is 3. The van der Waals surface area contributed by atoms with Gasteiger partial charge in [-0.25, -0.2) is 4.98 Å². The first-order chi connectivity index (χ1) is 10.9. The van der Waals surface area contributed by atoms with Gasteiger partial charge in [-0.15, -0.1) is 0 Å². The second-order valence-electron chi connectivity index (χ2n) is 6.10. The highest BCUT2D eigenvalue weighted by Crippen LogP contribution is 2.35. The predicted molar refractivity (Wildman–Crippen MR) is 74.0 cm³/mol. The quantitative estimate of drug-likeness (QED) is 0.809. The highest BCUT2D eigenvalue weighted by molar-refractivity contribution is 5.95. The number of carbonyl (C=O) groups excluding carboxylic acids is 1. The summed E-state index contributed by atoms with van der Waals surface area (Å²) in [6.45, 7) is 1.81. The Hall–Kier alpha value is -2.09. The number of aromatic nitrogens is 2. The van der Waals surface area contributed by atoms with Crippen LogP contribution >= 0.6 is 0 Å². The summed E-state index contributed by atoms with van der Waals surface area (Å²) in [7, 11) is 0. The summed E-state index contributed by atoms with van der Waals surface area (Å²) in [5.41, 5.74) is -0.660. The molecule has 2 aromatic heterocycles. The maximum absolute atomic E-state index is 12.7. The van der Waals surface area contributed by atoms with E-state index in [9.17, 15) is 18.0 Å². The summed E-state index contributed by atoms with van der Waals surface area (Å²) < 4.78 is 44.9. The Morgan fingerprint density at radius 2 is 2.04 bits per heavy atom. The number of fused-ring (bicyclic) bond motifs is 1. The standard InChI is InChI=1S/C15H14F3N3O2/c16-15(17,18)11-7-20-6-10(2-3-12(20)19-11)13(22)21-8-14(9-21)4-1-5-23-14/h2-3,6-7H,1,4-5,8-9H2. The number of alkyl halides is 3. The molecule has 2 fully saturated rings. The highest BCUT2D eigenvalue weighted by Gasteiger charge is 2.48. The van der Waals surface area contributed by atoms with Crippen LogP contribution in [0.5, 0.6) is 0 Å². The highest BCUT2D eigenvalue weighted by atomic mass is 19.4. The number of ether oxygens (including phenoxy) is 1. The number of imidazole rings is 1. The van der Waals surface area contributed by atoms with E-state index in [0.29, 0.717) is 18.7 Å². The molecular formula is C15H14F3N3O2. The zero-order valence-corrected chi connectivity index (χ0v) is 12.1. The number of likely N-dealkylation sites (tertiary alicyclic amines) is 1. The monoisotopic (exact) mass is 325 g/mol. The van der Waals surface area contributed by atoms with E-state index in [2.05, 4.69) is 4.98 Å². The van der Waals surface area contributed by atoms with Crippen LogP contribution in [0.15, 0.2) is 24.5 Å². The lowest BCUT2D eigenvalue weighted by molar-refractivity contribution is -0.140. The fourth-order valence-electron chi connectivity index (χ4n) is 3.24. The molecule has 4 heterocycles. The third-order valence-electron chi connectivity index (χ3n) is 4.42. The number of rotatable bonds is 1. The molecule has 0 aromatic carbocycles. The molecule has 0 radical (unpaired) electrons. The molecule has 0 aliphatic carbocycles. The van der Waals surface area contributed by atoms with Gasteiger partial charge in [0.25, 0.3) is 5.91 Å². The first kappa shape index (κ1) is 14.5. The Kier molecular flexibility index (Phi) is 2.96. The second kappa shape index (κ2) is 4.70. The van der Waals surface area contributed by atoms with Crippen molar-refractivity contribution in [3.8, 4) is 0 Å². The van der Waals surface area contributed by atoms with Crippen molar-refractivity contribution in [1.82, 2.24) is 14.3 Å². The van der Waals surface area contributed by atoms with Gasteiger partial charge in [0, 0.05) is 19.0 Å². The Labute approximate surface area is 129 Å². The van der Waals surface area contributed by atoms with Crippen LogP contribution in [0.25, 0.3) is 5.65 Å². The van der Waals surface area contributed by atoms with Crippen LogP contribution in [0.3, 0.4) is 0 Å². The molecule has 0 atom stereocenters. The summed E-state index contributed by atoms with van der Waals surface area (Å²) >= 11 is 0. The first-order valence-corrected chi connectivity index (χ1v) is 7.36. The lowest BCUT2D eigenvalue weighted by Gasteiger charge is -2.47. The molecule has 2 saturated heterocycles. The molecule has 8 heteroatoms. The van der Waals surface area contributed by atoms with Gasteiger partial charge in [-0.3, -0.25) is 4.79 Å². The van der Waals surface area contributed by atoms with E-state index >= 15 is 0 Å². The topological polar surface area (TPSA) is 46.8 Å². The molecule has 0 unspecified atom stereocenters. The first-order valence-electron chi connectivity index (χ1n) is 7.36. The SMILES string of the molecule is O=C(c1ccc2nc(C(F)(F)F)cn2c1)N1CC2(CCCO2)C1. The minimum atomic E-state index is -4.50. The third kappa shape index (κ3) is 2.37. The molecule has 0 bridgehead atoms. The minimum absolute atomic E-state index is 0.160. The van der Waals surface area contributed by atoms with Crippen LogP contribution < -0.4 is 0 Å². The summed E-state index contributed by atoms with van der Waals surface area (Å²) in [6.07, 6.45) is -0.264. The Bertz CT molecular complexity index is 770. The van der Waals surface area contributed by atoms with E-state index in [1.54, 1.807) is 4.90 Å². The normalized spacial score (nSPS) is 20.2. The largest absolute Gasteiger partial charge is 0.434 e. The molecule has 0 saturated carbocycles. The molecule has 2 aliphatic rings. The molecular weight excluding hydrogens is 311 g/mol. The Morgan fingerprint density at radius 3 is 2.70 bits per heavy atom. The molecule has 4 rings (SSSR count). The lowest BCUT2D eigenvalue weighted by Crippen LogP contribution is -2.63. The number of amides is 1. The van der Waals surface area contributed by atoms with Crippen molar-refractivity contribution >= 4 is 11.6 Å². The average Bonchev–Trinajstić information content (AvgIpc) is 3.10. The zero-order valence-electron chi connectivity index (χ0n) is 12.1. The van der Waals surface area contributed by atoms with Crippen LogP contribution in [0.2, 0.25) is 0 Å². The van der Waals surface area contributed by atoms with Crippen molar-refractivity contribution in [3.05, 3.63) is 35.8 Å². The van der Waals surface area contributed by atoms with E-state index < -0.39 is 11.9 Å². The van der Waals surface area contributed by atoms with Crippen molar-refractivity contribution in [2.24, 2.45) is 0 Å². The van der Waals surface area contributed by atoms with Gasteiger partial charge in [-0.1, -0.05) is 0 Å². The molecule has 23 heavy (non-hydrogen) atoms. The van der Waals surface area contributed by atoms with Gasteiger partial charge in [-0.05, 0) is 25.0 Å². The fraction of sp³-hybridized carbons (Fsp3) is 0.467. The van der Waals surface area contributed by atoms with Crippen LogP contribution in [0, 0.1) is 0 Å². The van der Waals surface area contributed by atoms with Crippen molar-refractivity contribution in [2.45, 2.75) is 24.6 Å². The van der Waals surface area contributed by atoms with E-state index in [-0.39, 0.29) is 17.2 Å². The molecule has 5 nitrogen and oxygen atoms in total. The van der Waals surface area contributed by atoms with E-state index in [4.69, 9.17) is 4.74 Å². The molecule has 2 aromatic rings. The summed E-state index contributed by atoms with van der Waals surface area (Å²) in [4.78, 5) is 17.6. The molecule has 2 aliphatic heterocycles. The van der Waals surface area contributed by atoms with Gasteiger partial charge in [0.15, 0.2) is 5.69 Å². The van der Waals surface area contributed by atoms with Crippen LogP contribution in [0.4, 0.5) is 13.2 Å². The summed E-state index contributed by atoms with van der Waals surface area (Å²) in [5.74, 6) is -0.199. The summed E-state index contributed by atoms with van der Waals surface area (Å²) in [5, 5.41) is 0. The van der Waals surface area contributed by atoms with Crippen LogP contribution in [-0.2, 0) is 10.9 Å². The fourth-order valence-corrected chi connectivity index (χ4v) is 3.24. The Morgan fingerprint density at radius 1 is 1.26 bits per heavy atom. The van der Waals surface area contributed by atoms with E-state index in [1.807, 2.05) is 0 Å². The van der Waals surface area contributed by atoms with Crippen LogP contribution in [0.1, 0.15) is 28.9 Å². The van der Waals surface area contributed by atoms with Gasteiger partial charge in [0.1, 0.15) is 11.2 Å². The smallest absolute Gasteiger partial charge is 0.371 e. The number of hydrogen-bond acceptors (Lipinski definition) is 3. The number of carbonyl (C=O) groups is 1. The molecule has 0 N–H and O–H groups in total. The Balaban J connectivity index is 1.56. The van der Waals surface area contributed by atoms with Gasteiger partial charge in [0.2, 0.25) is 0 Å². The van der Waals surface area contributed by atoms with Crippen LogP contribution in [-0.4, -0.2) is 45.5 Å². The van der Waals surface area contributed by atoms with Gasteiger partial charge < -0.3 is 14.0 Å². The minimum Gasteiger partial charge on any atom is -0.371 e. The van der Waals surface area contributed by atoms with E-state index in [0.717, 1.165) is 25.6 Å². The molecule has 122 valence electrons. The number of nitrogens with zero attached hydrogens (tertiary/aromatic N) is 3. The average molecular weight is 325 g/mol. The predicted octanol–water partition coefficient (Wildman–Crippen LogP) is 2.36. The van der Waals surface area contributed by atoms with E-state index in [1.165, 1.54) is 22.7 Å². The lowest BCUT2D eigenvalue weighted by atomic mass is 9.90. The zero-order chi connectivity index (χ0) is 16.2. The van der Waals surface area contributed by atoms with Crippen molar-refractivity contribution < 1.29 is 22.7 Å². The molecule has 1 amide bonds. The van der Waals surface area contributed by atoms with Gasteiger partial charge in [-0.2, -0.15) is 13.2 Å². The number of pyridine rings is 1. The summed E-state index contributed by atoms with van der Waals surface area (Å²) in [6, 6.07) is 2.93. The maximum atomic E-state index is 12.7. The van der Waals surface area contributed by atoms with Gasteiger partial charge in [0.05, 0.1) is 18.7 Å². The van der Waals surface area contributed by atoms with Crippen molar-refractivity contribution in [2.75, 3.05) is 19.7 Å². The number of hydrogen-bond donors (Lipinski definition) is 0.